The fourth-order valence-electron chi connectivity index (χ4n) is 5.43. The van der Waals surface area contributed by atoms with Crippen molar-refractivity contribution in [3.63, 3.8) is 0 Å². The van der Waals surface area contributed by atoms with Gasteiger partial charge in [-0.25, -0.2) is 9.97 Å². The Morgan fingerprint density at radius 2 is 1.93 bits per heavy atom. The molecule has 5 heterocycles. The van der Waals surface area contributed by atoms with Gasteiger partial charge in [0, 0.05) is 62.1 Å². The van der Waals surface area contributed by atoms with Crippen molar-refractivity contribution in [2.24, 2.45) is 13.0 Å². The summed E-state index contributed by atoms with van der Waals surface area (Å²) in [6.07, 6.45) is -0.361. The Bertz CT molecular complexity index is 1640. The Hall–Kier alpha value is -4.20. The summed E-state index contributed by atoms with van der Waals surface area (Å²) < 4.78 is 48.6. The van der Waals surface area contributed by atoms with Crippen LogP contribution in [0, 0.1) is 12.8 Å². The number of pyridine rings is 2. The number of fused-ring (bicyclic) bond motifs is 1. The second-order valence-corrected chi connectivity index (χ2v) is 12.1. The van der Waals surface area contributed by atoms with Gasteiger partial charge in [-0.3, -0.25) is 14.4 Å². The predicted molar refractivity (Wildman–Crippen MR) is 157 cm³/mol. The number of likely N-dealkylation sites (tertiary alicyclic amines) is 1. The number of imidazole rings is 1. The van der Waals surface area contributed by atoms with Gasteiger partial charge in [-0.2, -0.15) is 23.3 Å². The van der Waals surface area contributed by atoms with Crippen LogP contribution in [0.25, 0.3) is 11.2 Å². The predicted octanol–water partition coefficient (Wildman–Crippen LogP) is 5.54. The largest absolute Gasteiger partial charge is 0.455 e. The van der Waals surface area contributed by atoms with Crippen LogP contribution in [0.1, 0.15) is 45.4 Å². The van der Waals surface area contributed by atoms with Crippen LogP contribution in [-0.2, 0) is 23.8 Å². The number of hydrogen-bond acceptors (Lipinski definition) is 8. The molecule has 0 spiro atoms. The van der Waals surface area contributed by atoms with E-state index < -0.39 is 12.7 Å². The molecule has 4 aromatic rings. The van der Waals surface area contributed by atoms with E-state index in [2.05, 4.69) is 46.4 Å². The minimum Gasteiger partial charge on any atom is -0.455 e. The number of rotatable bonds is 8. The van der Waals surface area contributed by atoms with Gasteiger partial charge in [-0.15, -0.1) is 0 Å². The topological polar surface area (TPSA) is 115 Å². The molecule has 2 N–H and O–H groups in total. The van der Waals surface area contributed by atoms with Crippen LogP contribution in [0.2, 0.25) is 0 Å². The van der Waals surface area contributed by atoms with Crippen molar-refractivity contribution < 1.29 is 22.7 Å². The third kappa shape index (κ3) is 7.07. The molecule has 0 unspecified atom stereocenters. The zero-order chi connectivity index (χ0) is 31.1. The second-order valence-electron chi connectivity index (χ2n) is 12.1. The number of aryl methyl sites for hydroxylation is 2. The molecule has 5 rings (SSSR count). The zero-order valence-corrected chi connectivity index (χ0v) is 25.1. The van der Waals surface area contributed by atoms with Crippen LogP contribution >= 0.6 is 0 Å². The summed E-state index contributed by atoms with van der Waals surface area (Å²) in [5, 5.41) is 10.8. The molecule has 230 valence electrons. The highest BCUT2D eigenvalue weighted by atomic mass is 19.4. The third-order valence-electron chi connectivity index (χ3n) is 7.36. The molecule has 0 aromatic carbocycles. The van der Waals surface area contributed by atoms with Crippen molar-refractivity contribution in [1.82, 2.24) is 34.2 Å². The number of alkyl halides is 3. The fraction of sp³-hybridized carbons (Fsp3) is 0.483. The average Bonchev–Trinajstić information content (AvgIpc) is 3.58. The van der Waals surface area contributed by atoms with E-state index >= 15 is 0 Å². The Morgan fingerprint density at radius 1 is 1.16 bits per heavy atom. The molecular weight excluding hydrogens is 563 g/mol. The molecule has 11 nitrogen and oxygen atoms in total. The monoisotopic (exact) mass is 599 g/mol. The SMILES string of the molecule is CC(=O)Nc1cc(Oc2cnc3nc(Nc4cc(C(C)(C)C)n(C[C@@H]5CCN(CC(F)(F)F)C5)n4)n(C)c3c2C)ccn1. The summed E-state index contributed by atoms with van der Waals surface area (Å²) in [4.78, 5) is 26.2. The molecule has 1 fully saturated rings. The number of amides is 1. The lowest BCUT2D eigenvalue weighted by atomic mass is 9.92. The number of carbonyl (C=O) groups excluding carboxylic acids is 1. The van der Waals surface area contributed by atoms with Crippen LogP contribution in [0.4, 0.5) is 30.8 Å². The summed E-state index contributed by atoms with van der Waals surface area (Å²) in [5.41, 5.74) is 2.85. The summed E-state index contributed by atoms with van der Waals surface area (Å²) in [5.74, 6) is 2.36. The summed E-state index contributed by atoms with van der Waals surface area (Å²) in [7, 11) is 1.87. The van der Waals surface area contributed by atoms with Crippen molar-refractivity contribution in [3.8, 4) is 11.5 Å². The van der Waals surface area contributed by atoms with Gasteiger partial charge in [0.2, 0.25) is 11.9 Å². The first-order valence-electron chi connectivity index (χ1n) is 14.0. The lowest BCUT2D eigenvalue weighted by Crippen LogP contribution is -2.33. The smallest absolute Gasteiger partial charge is 0.401 e. The molecule has 1 atom stereocenters. The molecule has 1 saturated heterocycles. The van der Waals surface area contributed by atoms with Crippen LogP contribution in [0.5, 0.6) is 11.5 Å². The van der Waals surface area contributed by atoms with E-state index in [9.17, 15) is 18.0 Å². The molecule has 0 saturated carbocycles. The van der Waals surface area contributed by atoms with E-state index in [1.54, 1.807) is 24.5 Å². The van der Waals surface area contributed by atoms with Gasteiger partial charge in [0.15, 0.2) is 17.2 Å². The standard InChI is InChI=1S/C29H36F3N9O2/c1-17-21(43-20-7-9-33-23(11-20)35-18(2)42)13-34-26-25(17)39(6)27(37-26)36-24-12-22(28(3,4)5)41(38-24)15-19-8-10-40(14-19)16-29(30,31)32/h7,9,11-13,19H,8,10,14-16H2,1-6H3,(H,33,35,42)(H,34,36,37,38)/t19-/m1/s1. The second kappa shape index (κ2) is 11.5. The Balaban J connectivity index is 1.37. The first-order chi connectivity index (χ1) is 20.2. The Morgan fingerprint density at radius 3 is 2.63 bits per heavy atom. The number of ether oxygens (including phenoxy) is 1. The Labute approximate surface area is 247 Å². The summed E-state index contributed by atoms with van der Waals surface area (Å²) in [6.45, 7) is 10.0. The molecule has 4 aromatic heterocycles. The third-order valence-corrected chi connectivity index (χ3v) is 7.36. The maximum absolute atomic E-state index is 12.9. The lowest BCUT2D eigenvalue weighted by Gasteiger charge is -2.22. The van der Waals surface area contributed by atoms with E-state index in [0.717, 1.165) is 16.8 Å². The molecule has 0 aliphatic carbocycles. The minimum absolute atomic E-state index is 0.0759. The van der Waals surface area contributed by atoms with E-state index in [0.29, 0.717) is 60.8 Å². The van der Waals surface area contributed by atoms with E-state index in [1.807, 2.05) is 29.3 Å². The van der Waals surface area contributed by atoms with Gasteiger partial charge in [0.05, 0.1) is 18.3 Å². The molecule has 1 amide bonds. The molecule has 0 radical (unpaired) electrons. The Kier molecular flexibility index (Phi) is 8.07. The lowest BCUT2D eigenvalue weighted by molar-refractivity contribution is -0.143. The van der Waals surface area contributed by atoms with Crippen molar-refractivity contribution in [1.29, 1.82) is 0 Å². The maximum Gasteiger partial charge on any atom is 0.401 e. The molecule has 1 aliphatic heterocycles. The highest BCUT2D eigenvalue weighted by Gasteiger charge is 2.35. The quantitative estimate of drug-likeness (QED) is 0.271. The van der Waals surface area contributed by atoms with Gasteiger partial charge < -0.3 is 19.9 Å². The minimum atomic E-state index is -4.20. The number of halogens is 3. The van der Waals surface area contributed by atoms with Crippen LogP contribution in [0.15, 0.2) is 30.6 Å². The number of carbonyl (C=O) groups is 1. The number of hydrogen-bond donors (Lipinski definition) is 2. The van der Waals surface area contributed by atoms with Gasteiger partial charge in [0.1, 0.15) is 11.6 Å². The highest BCUT2D eigenvalue weighted by Crippen LogP contribution is 2.33. The molecule has 1 aliphatic rings. The van der Waals surface area contributed by atoms with Crippen molar-refractivity contribution in [2.75, 3.05) is 30.3 Å². The summed E-state index contributed by atoms with van der Waals surface area (Å²) in [6, 6.07) is 5.28. The number of anilines is 3. The van der Waals surface area contributed by atoms with Gasteiger partial charge in [-0.1, -0.05) is 20.8 Å². The molecule has 0 bridgehead atoms. The molecular formula is C29H36F3N9O2. The first kappa shape index (κ1) is 30.3. The van der Waals surface area contributed by atoms with E-state index in [-0.39, 0.29) is 17.2 Å². The van der Waals surface area contributed by atoms with Gasteiger partial charge >= 0.3 is 6.18 Å². The maximum atomic E-state index is 12.9. The highest BCUT2D eigenvalue weighted by molar-refractivity contribution is 5.87. The van der Waals surface area contributed by atoms with E-state index in [1.165, 1.54) is 11.8 Å². The molecule has 43 heavy (non-hydrogen) atoms. The van der Waals surface area contributed by atoms with Crippen LogP contribution in [0.3, 0.4) is 0 Å². The van der Waals surface area contributed by atoms with Crippen molar-refractivity contribution >= 4 is 34.7 Å². The first-order valence-corrected chi connectivity index (χ1v) is 14.0. The number of aromatic nitrogens is 6. The number of nitrogens with one attached hydrogen (secondary N) is 2. The fourth-order valence-corrected chi connectivity index (χ4v) is 5.43. The van der Waals surface area contributed by atoms with Gasteiger partial charge in [0.25, 0.3) is 0 Å². The number of nitrogens with zero attached hydrogens (tertiary/aromatic N) is 7. The van der Waals surface area contributed by atoms with Crippen molar-refractivity contribution in [2.45, 2.75) is 59.2 Å². The van der Waals surface area contributed by atoms with Crippen LogP contribution in [-0.4, -0.2) is 65.9 Å². The summed E-state index contributed by atoms with van der Waals surface area (Å²) >= 11 is 0. The zero-order valence-electron chi connectivity index (χ0n) is 25.1. The average molecular weight is 600 g/mol. The van der Waals surface area contributed by atoms with Crippen molar-refractivity contribution in [3.05, 3.63) is 41.9 Å². The van der Waals surface area contributed by atoms with E-state index in [4.69, 9.17) is 9.84 Å². The normalized spacial score (nSPS) is 16.2. The van der Waals surface area contributed by atoms with Crippen LogP contribution < -0.4 is 15.4 Å². The van der Waals surface area contributed by atoms with Gasteiger partial charge in [-0.05, 0) is 31.9 Å². The molecule has 14 heteroatoms.